The SMILES string of the molecule is CCCOC(=O)c1c(C)[nH]c(=O)c([N+](=O)[O-])c1S(=O)(=O)CC1CC1. The van der Waals surface area contributed by atoms with Crippen LogP contribution in [0.1, 0.15) is 42.2 Å². The summed E-state index contributed by atoms with van der Waals surface area (Å²) in [6, 6.07) is 0. The van der Waals surface area contributed by atoms with Crippen molar-refractivity contribution < 1.29 is 22.9 Å². The predicted molar refractivity (Wildman–Crippen MR) is 83.8 cm³/mol. The predicted octanol–water partition coefficient (Wildman–Crippen LogP) is 1.34. The van der Waals surface area contributed by atoms with Gasteiger partial charge in [0.15, 0.2) is 14.7 Å². The lowest BCUT2D eigenvalue weighted by atomic mass is 10.2. The zero-order chi connectivity index (χ0) is 18.1. The normalized spacial score (nSPS) is 14.4. The first-order valence-corrected chi connectivity index (χ1v) is 9.15. The van der Waals surface area contributed by atoms with Gasteiger partial charge in [0.05, 0.1) is 17.3 Å². The van der Waals surface area contributed by atoms with Gasteiger partial charge in [0.2, 0.25) is 0 Å². The van der Waals surface area contributed by atoms with E-state index in [-0.39, 0.29) is 24.0 Å². The Kier molecular flexibility index (Phi) is 5.07. The molecule has 1 aliphatic rings. The molecule has 132 valence electrons. The third-order valence-electron chi connectivity index (χ3n) is 3.62. The van der Waals surface area contributed by atoms with E-state index in [4.69, 9.17) is 4.74 Å². The molecule has 10 heteroatoms. The monoisotopic (exact) mass is 358 g/mol. The second-order valence-electron chi connectivity index (χ2n) is 5.75. The number of hydrogen-bond acceptors (Lipinski definition) is 7. The number of rotatable bonds is 7. The highest BCUT2D eigenvalue weighted by molar-refractivity contribution is 7.91. The van der Waals surface area contributed by atoms with Crippen LogP contribution in [-0.4, -0.2) is 36.7 Å². The van der Waals surface area contributed by atoms with Crippen LogP contribution in [0.25, 0.3) is 0 Å². The number of nitrogens with zero attached hydrogens (tertiary/aromatic N) is 1. The zero-order valence-corrected chi connectivity index (χ0v) is 14.1. The number of ether oxygens (including phenoxy) is 1. The second-order valence-corrected chi connectivity index (χ2v) is 7.72. The van der Waals surface area contributed by atoms with E-state index in [0.29, 0.717) is 19.3 Å². The van der Waals surface area contributed by atoms with Gasteiger partial charge in [-0.25, -0.2) is 13.2 Å². The molecule has 0 spiro atoms. The summed E-state index contributed by atoms with van der Waals surface area (Å²) in [6.45, 7) is 3.09. The Morgan fingerprint density at radius 1 is 1.42 bits per heavy atom. The fourth-order valence-corrected chi connectivity index (χ4v) is 4.47. The average molecular weight is 358 g/mol. The van der Waals surface area contributed by atoms with Gasteiger partial charge in [0.1, 0.15) is 5.56 Å². The number of aromatic amines is 1. The summed E-state index contributed by atoms with van der Waals surface area (Å²) >= 11 is 0. The van der Waals surface area contributed by atoms with E-state index in [0.717, 1.165) is 0 Å². The van der Waals surface area contributed by atoms with Gasteiger partial charge >= 0.3 is 17.2 Å². The molecule has 0 aliphatic heterocycles. The molecule has 0 amide bonds. The van der Waals surface area contributed by atoms with E-state index in [1.54, 1.807) is 6.92 Å². The van der Waals surface area contributed by atoms with E-state index < -0.39 is 42.4 Å². The molecule has 1 aromatic heterocycles. The third kappa shape index (κ3) is 3.64. The summed E-state index contributed by atoms with van der Waals surface area (Å²) < 4.78 is 30.2. The van der Waals surface area contributed by atoms with Gasteiger partial charge < -0.3 is 9.72 Å². The fraction of sp³-hybridized carbons (Fsp3) is 0.571. The van der Waals surface area contributed by atoms with E-state index in [1.165, 1.54) is 6.92 Å². The van der Waals surface area contributed by atoms with Gasteiger partial charge in [-0.05, 0) is 32.1 Å². The molecular formula is C14H18N2O7S. The molecule has 0 aromatic carbocycles. The Hall–Kier alpha value is -2.23. The quantitative estimate of drug-likeness (QED) is 0.441. The van der Waals surface area contributed by atoms with E-state index in [2.05, 4.69) is 4.98 Å². The van der Waals surface area contributed by atoms with E-state index >= 15 is 0 Å². The van der Waals surface area contributed by atoms with Crippen LogP contribution in [0.3, 0.4) is 0 Å². The molecule has 1 heterocycles. The highest BCUT2D eigenvalue weighted by atomic mass is 32.2. The largest absolute Gasteiger partial charge is 0.462 e. The number of carbonyl (C=O) groups excluding carboxylic acids is 1. The first-order valence-electron chi connectivity index (χ1n) is 7.50. The number of pyridine rings is 1. The highest BCUT2D eigenvalue weighted by Gasteiger charge is 2.40. The van der Waals surface area contributed by atoms with Crippen LogP contribution >= 0.6 is 0 Å². The topological polar surface area (TPSA) is 136 Å². The molecule has 24 heavy (non-hydrogen) atoms. The smallest absolute Gasteiger partial charge is 0.353 e. The Balaban J connectivity index is 2.72. The van der Waals surface area contributed by atoms with Crippen molar-refractivity contribution in [3.05, 3.63) is 31.7 Å². The van der Waals surface area contributed by atoms with Crippen LogP contribution < -0.4 is 5.56 Å². The summed E-state index contributed by atoms with van der Waals surface area (Å²) in [7, 11) is -4.18. The molecular weight excluding hydrogens is 340 g/mol. The maximum absolute atomic E-state index is 12.6. The second kappa shape index (κ2) is 6.71. The Labute approximate surface area is 138 Å². The van der Waals surface area contributed by atoms with Gasteiger partial charge in [0, 0.05) is 5.69 Å². The molecule has 1 aliphatic carbocycles. The molecule has 0 unspecified atom stereocenters. The lowest BCUT2D eigenvalue weighted by Gasteiger charge is -2.12. The minimum absolute atomic E-state index is 0.0350. The van der Waals surface area contributed by atoms with Crippen molar-refractivity contribution >= 4 is 21.5 Å². The van der Waals surface area contributed by atoms with E-state index in [1.807, 2.05) is 0 Å². The molecule has 0 saturated heterocycles. The first kappa shape index (κ1) is 18.1. The van der Waals surface area contributed by atoms with Crippen LogP contribution in [0.5, 0.6) is 0 Å². The van der Waals surface area contributed by atoms with Crippen molar-refractivity contribution in [2.45, 2.75) is 38.0 Å². The summed E-state index contributed by atoms with van der Waals surface area (Å²) in [5.74, 6) is -1.43. The average Bonchev–Trinajstić information content (AvgIpc) is 3.26. The van der Waals surface area contributed by atoms with Crippen LogP contribution in [-0.2, 0) is 14.6 Å². The van der Waals surface area contributed by atoms with Crippen molar-refractivity contribution in [1.82, 2.24) is 4.98 Å². The van der Waals surface area contributed by atoms with Crippen molar-refractivity contribution in [3.63, 3.8) is 0 Å². The maximum Gasteiger partial charge on any atom is 0.353 e. The molecule has 1 N–H and O–H groups in total. The van der Waals surface area contributed by atoms with Gasteiger partial charge in [-0.1, -0.05) is 6.92 Å². The molecule has 1 saturated carbocycles. The number of nitrogens with one attached hydrogen (secondary N) is 1. The molecule has 2 rings (SSSR count). The Bertz CT molecular complexity index is 837. The lowest BCUT2D eigenvalue weighted by molar-refractivity contribution is -0.389. The number of nitro groups is 1. The van der Waals surface area contributed by atoms with Crippen molar-refractivity contribution in [1.29, 1.82) is 0 Å². The summed E-state index contributed by atoms with van der Waals surface area (Å²) in [5, 5.41) is 11.3. The van der Waals surface area contributed by atoms with Crippen molar-refractivity contribution in [2.24, 2.45) is 5.92 Å². The van der Waals surface area contributed by atoms with Crippen LogP contribution in [0.15, 0.2) is 9.69 Å². The first-order chi connectivity index (χ1) is 11.2. The van der Waals surface area contributed by atoms with E-state index in [9.17, 15) is 28.1 Å². The van der Waals surface area contributed by atoms with Crippen LogP contribution in [0.4, 0.5) is 5.69 Å². The molecule has 0 bridgehead atoms. The molecule has 9 nitrogen and oxygen atoms in total. The van der Waals surface area contributed by atoms with Crippen molar-refractivity contribution in [3.8, 4) is 0 Å². The molecule has 1 aromatic rings. The Morgan fingerprint density at radius 2 is 2.04 bits per heavy atom. The maximum atomic E-state index is 12.6. The molecule has 1 fully saturated rings. The number of carbonyl (C=O) groups is 1. The van der Waals surface area contributed by atoms with Crippen molar-refractivity contribution in [2.75, 3.05) is 12.4 Å². The number of aryl methyl sites for hydroxylation is 1. The molecule has 0 radical (unpaired) electrons. The summed E-state index contributed by atoms with van der Waals surface area (Å²) in [6.07, 6.45) is 1.90. The van der Waals surface area contributed by atoms with Crippen LogP contribution in [0, 0.1) is 23.0 Å². The summed E-state index contributed by atoms with van der Waals surface area (Å²) in [4.78, 5) is 35.7. The third-order valence-corrected chi connectivity index (χ3v) is 5.55. The number of esters is 1. The summed E-state index contributed by atoms with van der Waals surface area (Å²) in [5.41, 5.74) is -2.82. The lowest BCUT2D eigenvalue weighted by Crippen LogP contribution is -2.25. The highest BCUT2D eigenvalue weighted by Crippen LogP contribution is 2.35. The number of aromatic nitrogens is 1. The standard InChI is InChI=1S/C14H18N2O7S/c1-3-6-23-14(18)10-8(2)15-13(17)11(16(19)20)12(10)24(21,22)7-9-4-5-9/h9H,3-7H2,1-2H3,(H,15,17). The van der Waals surface area contributed by atoms with Gasteiger partial charge in [-0.2, -0.15) is 0 Å². The number of H-pyrrole nitrogens is 1. The van der Waals surface area contributed by atoms with Crippen LogP contribution in [0.2, 0.25) is 0 Å². The Morgan fingerprint density at radius 3 is 2.54 bits per heavy atom. The number of sulfone groups is 1. The fourth-order valence-electron chi connectivity index (χ4n) is 2.34. The van der Waals surface area contributed by atoms with Gasteiger partial charge in [-0.3, -0.25) is 14.9 Å². The van der Waals surface area contributed by atoms with Gasteiger partial charge in [-0.15, -0.1) is 0 Å². The van der Waals surface area contributed by atoms with Gasteiger partial charge in [0.25, 0.3) is 0 Å². The minimum Gasteiger partial charge on any atom is -0.462 e. The zero-order valence-electron chi connectivity index (χ0n) is 13.3. The minimum atomic E-state index is -4.18. The molecule has 0 atom stereocenters. The number of hydrogen-bond donors (Lipinski definition) is 1.